The van der Waals surface area contributed by atoms with E-state index in [9.17, 15) is 0 Å². The topological polar surface area (TPSA) is 9.23 Å². The first kappa shape index (κ1) is 7.97. The standard InChI is InChI=1S/C6H13OP/c1-6(2)5-7-3-4-8/h5H,3-4,8H2,1-2H3. The fourth-order valence-corrected chi connectivity index (χ4v) is 0.430. The van der Waals surface area contributed by atoms with Crippen LogP contribution in [-0.4, -0.2) is 12.8 Å². The third-order valence-corrected chi connectivity index (χ3v) is 0.790. The fraction of sp³-hybridized carbons (Fsp3) is 0.667. The van der Waals surface area contributed by atoms with Crippen molar-refractivity contribution in [2.24, 2.45) is 0 Å². The zero-order valence-electron chi connectivity index (χ0n) is 5.48. The highest BCUT2D eigenvalue weighted by Gasteiger charge is 1.76. The maximum absolute atomic E-state index is 5.06. The van der Waals surface area contributed by atoms with Crippen LogP contribution in [0.5, 0.6) is 0 Å². The second-order valence-corrected chi connectivity index (χ2v) is 2.43. The predicted octanol–water partition coefficient (Wildman–Crippen LogP) is 1.80. The highest BCUT2D eigenvalue weighted by Crippen LogP contribution is 1.89. The molecular formula is C6H13OP. The molecule has 0 aliphatic rings. The smallest absolute Gasteiger partial charge is 0.0907 e. The van der Waals surface area contributed by atoms with Gasteiger partial charge in [0.25, 0.3) is 0 Å². The maximum atomic E-state index is 5.06. The van der Waals surface area contributed by atoms with Crippen molar-refractivity contribution in [3.8, 4) is 0 Å². The molecule has 1 nitrogen and oxygen atoms in total. The van der Waals surface area contributed by atoms with Crippen molar-refractivity contribution >= 4 is 9.24 Å². The summed E-state index contributed by atoms with van der Waals surface area (Å²) in [5, 5.41) is 0. The molecule has 0 heterocycles. The zero-order chi connectivity index (χ0) is 6.41. The van der Waals surface area contributed by atoms with E-state index in [-0.39, 0.29) is 0 Å². The van der Waals surface area contributed by atoms with Crippen molar-refractivity contribution in [1.29, 1.82) is 0 Å². The van der Waals surface area contributed by atoms with E-state index in [0.29, 0.717) is 0 Å². The third-order valence-electron chi connectivity index (χ3n) is 0.555. The molecule has 0 radical (unpaired) electrons. The minimum Gasteiger partial charge on any atom is -0.501 e. The lowest BCUT2D eigenvalue weighted by atomic mass is 10.4. The number of hydrogen-bond donors (Lipinski definition) is 0. The van der Waals surface area contributed by atoms with Crippen LogP contribution in [0.1, 0.15) is 13.8 Å². The fourth-order valence-electron chi connectivity index (χ4n) is 0.294. The van der Waals surface area contributed by atoms with Gasteiger partial charge in [-0.3, -0.25) is 0 Å². The first-order valence-electron chi connectivity index (χ1n) is 2.72. The van der Waals surface area contributed by atoms with Crippen LogP contribution < -0.4 is 0 Å². The summed E-state index contributed by atoms with van der Waals surface area (Å²) in [5.74, 6) is 0. The van der Waals surface area contributed by atoms with Crippen LogP contribution in [0.2, 0.25) is 0 Å². The van der Waals surface area contributed by atoms with Gasteiger partial charge >= 0.3 is 0 Å². The highest BCUT2D eigenvalue weighted by atomic mass is 31.0. The molecule has 0 spiro atoms. The summed E-state index contributed by atoms with van der Waals surface area (Å²) in [4.78, 5) is 0. The monoisotopic (exact) mass is 132 g/mol. The van der Waals surface area contributed by atoms with Crippen LogP contribution in [0.15, 0.2) is 11.8 Å². The highest BCUT2D eigenvalue weighted by molar-refractivity contribution is 7.16. The Bertz CT molecular complexity index is 74.6. The van der Waals surface area contributed by atoms with Crippen molar-refractivity contribution < 1.29 is 4.74 Å². The van der Waals surface area contributed by atoms with E-state index in [1.165, 1.54) is 5.57 Å². The molecule has 1 atom stereocenters. The molecule has 0 amide bonds. The SMILES string of the molecule is CC(C)=COCCP. The van der Waals surface area contributed by atoms with Crippen LogP contribution in [-0.2, 0) is 4.74 Å². The molecule has 0 aliphatic heterocycles. The summed E-state index contributed by atoms with van der Waals surface area (Å²) >= 11 is 0. The molecule has 0 bridgehead atoms. The van der Waals surface area contributed by atoms with E-state index in [4.69, 9.17) is 4.74 Å². The molecule has 8 heavy (non-hydrogen) atoms. The van der Waals surface area contributed by atoms with E-state index < -0.39 is 0 Å². The zero-order valence-corrected chi connectivity index (χ0v) is 6.63. The molecule has 0 aliphatic carbocycles. The molecule has 0 fully saturated rings. The number of allylic oxidation sites excluding steroid dienone is 1. The summed E-state index contributed by atoms with van der Waals surface area (Å²) < 4.78 is 5.06. The summed E-state index contributed by atoms with van der Waals surface area (Å²) in [6.45, 7) is 4.83. The van der Waals surface area contributed by atoms with Crippen molar-refractivity contribution in [2.75, 3.05) is 12.8 Å². The van der Waals surface area contributed by atoms with Gasteiger partial charge in [-0.2, -0.15) is 0 Å². The Kier molecular flexibility index (Phi) is 5.09. The van der Waals surface area contributed by atoms with E-state index >= 15 is 0 Å². The molecule has 0 aromatic carbocycles. The summed E-state index contributed by atoms with van der Waals surface area (Å²) in [6, 6.07) is 0. The Morgan fingerprint density at radius 1 is 1.62 bits per heavy atom. The van der Waals surface area contributed by atoms with Crippen LogP contribution in [0.3, 0.4) is 0 Å². The Morgan fingerprint density at radius 3 is 2.62 bits per heavy atom. The minimum absolute atomic E-state index is 0.801. The number of ether oxygens (including phenoxy) is 1. The minimum atomic E-state index is 0.801. The lowest BCUT2D eigenvalue weighted by Crippen LogP contribution is -1.86. The van der Waals surface area contributed by atoms with Crippen molar-refractivity contribution in [3.05, 3.63) is 11.8 Å². The van der Waals surface area contributed by atoms with Crippen LogP contribution in [0.4, 0.5) is 0 Å². The van der Waals surface area contributed by atoms with Gasteiger partial charge in [-0.05, 0) is 25.6 Å². The molecule has 0 aromatic rings. The first-order valence-corrected chi connectivity index (χ1v) is 3.54. The van der Waals surface area contributed by atoms with Gasteiger partial charge in [0.05, 0.1) is 12.9 Å². The largest absolute Gasteiger partial charge is 0.501 e. The first-order chi connectivity index (χ1) is 3.77. The summed E-state index contributed by atoms with van der Waals surface area (Å²) in [5.41, 5.74) is 1.21. The van der Waals surface area contributed by atoms with E-state index in [1.54, 1.807) is 6.26 Å². The second-order valence-electron chi connectivity index (χ2n) is 1.85. The average molecular weight is 132 g/mol. The molecule has 2 heteroatoms. The van der Waals surface area contributed by atoms with E-state index in [0.717, 1.165) is 12.8 Å². The Labute approximate surface area is 53.3 Å². The van der Waals surface area contributed by atoms with Crippen LogP contribution >= 0.6 is 9.24 Å². The maximum Gasteiger partial charge on any atom is 0.0907 e. The second kappa shape index (κ2) is 5.11. The van der Waals surface area contributed by atoms with Crippen LogP contribution in [0, 0.1) is 0 Å². The van der Waals surface area contributed by atoms with E-state index in [2.05, 4.69) is 9.24 Å². The Morgan fingerprint density at radius 2 is 2.25 bits per heavy atom. The number of rotatable bonds is 3. The lowest BCUT2D eigenvalue weighted by Gasteiger charge is -1.95. The molecule has 48 valence electrons. The normalized spacial score (nSPS) is 8.38. The number of hydrogen-bond acceptors (Lipinski definition) is 1. The quantitative estimate of drug-likeness (QED) is 0.323. The molecular weight excluding hydrogens is 119 g/mol. The molecule has 0 saturated heterocycles. The third kappa shape index (κ3) is 5.97. The van der Waals surface area contributed by atoms with Gasteiger partial charge in [-0.1, -0.05) is 0 Å². The molecule has 0 saturated carbocycles. The summed E-state index contributed by atoms with van der Waals surface area (Å²) in [6.07, 6.45) is 2.79. The summed E-state index contributed by atoms with van der Waals surface area (Å²) in [7, 11) is 2.61. The van der Waals surface area contributed by atoms with Gasteiger partial charge < -0.3 is 4.74 Å². The molecule has 0 rings (SSSR count). The predicted molar refractivity (Wildman–Crippen MR) is 40.0 cm³/mol. The van der Waals surface area contributed by atoms with Crippen molar-refractivity contribution in [2.45, 2.75) is 13.8 Å². The van der Waals surface area contributed by atoms with Crippen molar-refractivity contribution in [1.82, 2.24) is 0 Å². The van der Waals surface area contributed by atoms with Gasteiger partial charge in [0.1, 0.15) is 0 Å². The average Bonchev–Trinajstić information content (AvgIpc) is 1.66. The Hall–Kier alpha value is -0.0300. The molecule has 0 N–H and O–H groups in total. The Balaban J connectivity index is 3.03. The van der Waals surface area contributed by atoms with Gasteiger partial charge in [-0.15, -0.1) is 9.24 Å². The molecule has 0 aromatic heterocycles. The van der Waals surface area contributed by atoms with Gasteiger partial charge in [0.2, 0.25) is 0 Å². The van der Waals surface area contributed by atoms with Gasteiger partial charge in [0.15, 0.2) is 0 Å². The van der Waals surface area contributed by atoms with Crippen LogP contribution in [0.25, 0.3) is 0 Å². The van der Waals surface area contributed by atoms with Gasteiger partial charge in [-0.25, -0.2) is 0 Å². The van der Waals surface area contributed by atoms with E-state index in [1.807, 2.05) is 13.8 Å². The lowest BCUT2D eigenvalue weighted by molar-refractivity contribution is 0.269. The van der Waals surface area contributed by atoms with Gasteiger partial charge in [0, 0.05) is 0 Å². The van der Waals surface area contributed by atoms with Crippen molar-refractivity contribution in [3.63, 3.8) is 0 Å². The molecule has 1 unspecified atom stereocenters.